The number of nitrogens with two attached hydrogens (primary N) is 2. The minimum absolute atomic E-state index is 0.151. The molecule has 0 aliphatic heterocycles. The van der Waals surface area contributed by atoms with Crippen LogP contribution in [0, 0.1) is 0 Å². The van der Waals surface area contributed by atoms with Gasteiger partial charge in [-0.25, -0.2) is 0 Å². The molecular weight excluding hydrogens is 264 g/mol. The van der Waals surface area contributed by atoms with Crippen LogP contribution in [0.2, 0.25) is 5.02 Å². The van der Waals surface area contributed by atoms with Crippen molar-refractivity contribution >= 4 is 23.5 Å². The van der Waals surface area contributed by atoms with Crippen molar-refractivity contribution in [1.82, 2.24) is 15.0 Å². The van der Waals surface area contributed by atoms with E-state index >= 15 is 0 Å². The maximum absolute atomic E-state index is 5.95. The lowest BCUT2D eigenvalue weighted by molar-refractivity contribution is -0.908. The third-order valence-electron chi connectivity index (χ3n) is 2.57. The third kappa shape index (κ3) is 4.04. The Morgan fingerprint density at radius 3 is 2.42 bits per heavy atom. The van der Waals surface area contributed by atoms with Crippen LogP contribution in [-0.4, -0.2) is 22.0 Å². The second kappa shape index (κ2) is 5.81. The number of nitrogens with zero attached hydrogens (tertiary/aromatic N) is 3. The molecule has 1 aromatic carbocycles. The summed E-state index contributed by atoms with van der Waals surface area (Å²) in [5.41, 5.74) is 12.2. The minimum atomic E-state index is 0.151. The molecule has 2 rings (SSSR count). The van der Waals surface area contributed by atoms with Gasteiger partial charge in [0.25, 0.3) is 0 Å². The van der Waals surface area contributed by atoms with E-state index in [0.717, 1.165) is 17.1 Å². The second-order valence-corrected chi connectivity index (χ2v) is 4.85. The Hall–Kier alpha value is -1.92. The molecule has 0 saturated carbocycles. The third-order valence-corrected chi connectivity index (χ3v) is 2.81. The Morgan fingerprint density at radius 1 is 1.11 bits per heavy atom. The Labute approximate surface area is 116 Å². The van der Waals surface area contributed by atoms with Gasteiger partial charge in [-0.05, 0) is 12.1 Å². The molecule has 1 aromatic heterocycles. The first-order valence-electron chi connectivity index (χ1n) is 5.84. The van der Waals surface area contributed by atoms with E-state index in [9.17, 15) is 0 Å². The number of halogens is 1. The molecule has 0 aliphatic carbocycles. The summed E-state index contributed by atoms with van der Waals surface area (Å²) in [6, 6.07) is 7.77. The molecule has 0 radical (unpaired) electrons. The SMILES string of the molecule is C[NH+](Cc1cccc(Cl)c1)Cc1nc(N)nc(N)n1. The maximum Gasteiger partial charge on any atom is 0.225 e. The summed E-state index contributed by atoms with van der Waals surface area (Å²) >= 11 is 5.95. The zero-order chi connectivity index (χ0) is 13.8. The molecule has 0 spiro atoms. The van der Waals surface area contributed by atoms with Gasteiger partial charge in [0.15, 0.2) is 5.82 Å². The first kappa shape index (κ1) is 13.5. The molecule has 2 aromatic rings. The number of benzene rings is 1. The highest BCUT2D eigenvalue weighted by atomic mass is 35.5. The van der Waals surface area contributed by atoms with Crippen molar-refractivity contribution in [3.8, 4) is 0 Å². The van der Waals surface area contributed by atoms with E-state index in [1.165, 1.54) is 4.90 Å². The second-order valence-electron chi connectivity index (χ2n) is 4.41. The van der Waals surface area contributed by atoms with Gasteiger partial charge in [-0.15, -0.1) is 0 Å². The first-order chi connectivity index (χ1) is 9.02. The number of hydrogen-bond acceptors (Lipinski definition) is 5. The summed E-state index contributed by atoms with van der Waals surface area (Å²) in [5, 5.41) is 0.735. The van der Waals surface area contributed by atoms with Crippen LogP contribution >= 0.6 is 11.6 Å². The van der Waals surface area contributed by atoms with Crippen molar-refractivity contribution in [3.05, 3.63) is 40.7 Å². The topological polar surface area (TPSA) is 95.2 Å². The van der Waals surface area contributed by atoms with Gasteiger partial charge >= 0.3 is 0 Å². The van der Waals surface area contributed by atoms with Gasteiger partial charge in [0.05, 0.1) is 7.05 Å². The van der Waals surface area contributed by atoms with Crippen molar-refractivity contribution in [2.45, 2.75) is 13.1 Å². The molecule has 7 heteroatoms. The summed E-state index contributed by atoms with van der Waals surface area (Å²) in [4.78, 5) is 13.1. The lowest BCUT2D eigenvalue weighted by atomic mass is 10.2. The average molecular weight is 280 g/mol. The fourth-order valence-corrected chi connectivity index (χ4v) is 2.08. The molecule has 0 fully saturated rings. The molecule has 0 bridgehead atoms. The molecule has 0 saturated heterocycles. The van der Waals surface area contributed by atoms with Gasteiger partial charge in [-0.2, -0.15) is 15.0 Å². The Balaban J connectivity index is 2.03. The molecule has 1 heterocycles. The largest absolute Gasteiger partial charge is 0.368 e. The normalized spacial score (nSPS) is 12.3. The maximum atomic E-state index is 5.95. The number of nitrogens with one attached hydrogen (secondary N) is 1. The molecule has 6 nitrogen and oxygen atoms in total. The smallest absolute Gasteiger partial charge is 0.225 e. The van der Waals surface area contributed by atoms with Crippen molar-refractivity contribution in [3.63, 3.8) is 0 Å². The fraction of sp³-hybridized carbons (Fsp3) is 0.250. The summed E-state index contributed by atoms with van der Waals surface area (Å²) in [6.07, 6.45) is 0. The van der Waals surface area contributed by atoms with Gasteiger partial charge in [-0.1, -0.05) is 23.7 Å². The quantitative estimate of drug-likeness (QED) is 0.727. The highest BCUT2D eigenvalue weighted by Crippen LogP contribution is 2.09. The van der Waals surface area contributed by atoms with E-state index < -0.39 is 0 Å². The predicted octanol–water partition coefficient (Wildman–Crippen LogP) is -0.0957. The van der Waals surface area contributed by atoms with E-state index in [4.69, 9.17) is 23.1 Å². The lowest BCUT2D eigenvalue weighted by Crippen LogP contribution is -3.06. The Bertz CT molecular complexity index is 554. The number of quaternary nitrogens is 1. The summed E-state index contributed by atoms with van der Waals surface area (Å²) in [7, 11) is 2.04. The molecular formula is C12H16ClN6+. The van der Waals surface area contributed by atoms with E-state index in [1.807, 2.05) is 31.3 Å². The zero-order valence-corrected chi connectivity index (χ0v) is 11.4. The van der Waals surface area contributed by atoms with Gasteiger partial charge in [0.2, 0.25) is 11.9 Å². The van der Waals surface area contributed by atoms with Crippen LogP contribution in [-0.2, 0) is 13.1 Å². The summed E-state index contributed by atoms with van der Waals surface area (Å²) in [5.74, 6) is 0.889. The average Bonchev–Trinajstić information content (AvgIpc) is 2.26. The monoisotopic (exact) mass is 279 g/mol. The van der Waals surface area contributed by atoms with Crippen molar-refractivity contribution < 1.29 is 4.90 Å². The number of aromatic nitrogens is 3. The Kier molecular flexibility index (Phi) is 4.13. The summed E-state index contributed by atoms with van der Waals surface area (Å²) in [6.45, 7) is 1.43. The Morgan fingerprint density at radius 2 is 1.79 bits per heavy atom. The van der Waals surface area contributed by atoms with Crippen molar-refractivity contribution in [1.29, 1.82) is 0 Å². The highest BCUT2D eigenvalue weighted by Gasteiger charge is 2.09. The molecule has 0 aliphatic rings. The van der Waals surface area contributed by atoms with Crippen molar-refractivity contribution in [2.75, 3.05) is 18.5 Å². The van der Waals surface area contributed by atoms with Crippen LogP contribution in [0.5, 0.6) is 0 Å². The van der Waals surface area contributed by atoms with Gasteiger partial charge in [0, 0.05) is 10.6 Å². The van der Waals surface area contributed by atoms with E-state index in [0.29, 0.717) is 12.4 Å². The zero-order valence-electron chi connectivity index (χ0n) is 10.6. The van der Waals surface area contributed by atoms with E-state index in [2.05, 4.69) is 15.0 Å². The molecule has 1 unspecified atom stereocenters. The standard InChI is InChI=1S/C12H15ClN6/c1-19(6-8-3-2-4-9(13)5-8)7-10-16-11(14)18-12(15)17-10/h2-5H,6-7H2,1H3,(H4,14,15,16,17,18)/p+1. The van der Waals surface area contributed by atoms with Gasteiger partial charge in [0.1, 0.15) is 13.1 Å². The van der Waals surface area contributed by atoms with Crippen LogP contribution in [0.3, 0.4) is 0 Å². The number of hydrogen-bond donors (Lipinski definition) is 3. The van der Waals surface area contributed by atoms with Crippen molar-refractivity contribution in [2.24, 2.45) is 0 Å². The summed E-state index contributed by atoms with van der Waals surface area (Å²) < 4.78 is 0. The molecule has 0 amide bonds. The predicted molar refractivity (Wildman–Crippen MR) is 74.4 cm³/mol. The molecule has 5 N–H and O–H groups in total. The van der Waals surface area contributed by atoms with Crippen LogP contribution in [0.25, 0.3) is 0 Å². The van der Waals surface area contributed by atoms with Gasteiger partial charge in [-0.3, -0.25) is 0 Å². The highest BCUT2D eigenvalue weighted by molar-refractivity contribution is 6.30. The first-order valence-corrected chi connectivity index (χ1v) is 6.22. The minimum Gasteiger partial charge on any atom is -0.368 e. The van der Waals surface area contributed by atoms with Crippen LogP contribution in [0.1, 0.15) is 11.4 Å². The van der Waals surface area contributed by atoms with E-state index in [1.54, 1.807) is 0 Å². The molecule has 100 valence electrons. The molecule has 1 atom stereocenters. The van der Waals surface area contributed by atoms with Crippen LogP contribution in [0.15, 0.2) is 24.3 Å². The van der Waals surface area contributed by atoms with E-state index in [-0.39, 0.29) is 11.9 Å². The number of rotatable bonds is 4. The molecule has 19 heavy (non-hydrogen) atoms. The number of anilines is 2. The van der Waals surface area contributed by atoms with Crippen LogP contribution in [0.4, 0.5) is 11.9 Å². The van der Waals surface area contributed by atoms with Gasteiger partial charge < -0.3 is 16.4 Å². The number of nitrogen functional groups attached to an aromatic ring is 2. The van der Waals surface area contributed by atoms with Crippen LogP contribution < -0.4 is 16.4 Å². The lowest BCUT2D eigenvalue weighted by Gasteiger charge is -2.13. The fourth-order valence-electron chi connectivity index (χ4n) is 1.86.